The van der Waals surface area contributed by atoms with Gasteiger partial charge in [-0.15, -0.1) is 0 Å². The maximum atomic E-state index is 12.5. The van der Waals surface area contributed by atoms with Gasteiger partial charge in [0, 0.05) is 11.1 Å². The van der Waals surface area contributed by atoms with Crippen LogP contribution in [0.3, 0.4) is 0 Å². The molecule has 1 heterocycles. The number of aromatic nitrogens is 2. The van der Waals surface area contributed by atoms with Gasteiger partial charge in [0.15, 0.2) is 12.3 Å². The second-order valence-corrected chi connectivity index (χ2v) is 5.80. The summed E-state index contributed by atoms with van der Waals surface area (Å²) in [6, 6.07) is 11.0. The zero-order chi connectivity index (χ0) is 19.6. The number of benzene rings is 2. The number of aryl methyl sites for hydroxylation is 1. The number of amides is 1. The van der Waals surface area contributed by atoms with Crippen molar-refractivity contribution in [3.05, 3.63) is 53.2 Å². The summed E-state index contributed by atoms with van der Waals surface area (Å²) in [5, 5.41) is 19.1. The third-order valence-electron chi connectivity index (χ3n) is 3.68. The number of halogens is 3. The first kappa shape index (κ1) is 18.3. The van der Waals surface area contributed by atoms with E-state index in [-0.39, 0.29) is 22.7 Å². The molecule has 0 saturated heterocycles. The van der Waals surface area contributed by atoms with E-state index in [1.165, 1.54) is 18.2 Å². The number of hydrogen-bond donors (Lipinski definition) is 2. The van der Waals surface area contributed by atoms with E-state index in [2.05, 4.69) is 20.3 Å². The minimum absolute atomic E-state index is 0.125. The van der Waals surface area contributed by atoms with Crippen LogP contribution in [-0.2, 0) is 0 Å². The van der Waals surface area contributed by atoms with Gasteiger partial charge in [-0.1, -0.05) is 11.6 Å². The van der Waals surface area contributed by atoms with Crippen molar-refractivity contribution in [2.24, 2.45) is 0 Å². The zero-order valence-corrected chi connectivity index (χ0v) is 14.0. The molecule has 2 N–H and O–H groups in total. The molecule has 6 nitrogen and oxygen atoms in total. The fourth-order valence-electron chi connectivity index (χ4n) is 2.47. The van der Waals surface area contributed by atoms with Gasteiger partial charge in [0.25, 0.3) is 5.91 Å². The number of aromatic amines is 1. The van der Waals surface area contributed by atoms with Crippen LogP contribution in [0.2, 0.25) is 0 Å². The van der Waals surface area contributed by atoms with Crippen molar-refractivity contribution in [2.75, 3.05) is 11.9 Å². The van der Waals surface area contributed by atoms with Gasteiger partial charge >= 0.3 is 6.18 Å². The molecule has 1 amide bonds. The lowest BCUT2D eigenvalue weighted by Gasteiger charge is -2.11. The number of nitriles is 1. The number of rotatable bonds is 4. The second-order valence-electron chi connectivity index (χ2n) is 5.80. The number of alkyl halides is 3. The Morgan fingerprint density at radius 3 is 2.78 bits per heavy atom. The van der Waals surface area contributed by atoms with E-state index in [9.17, 15) is 18.0 Å². The minimum Gasteiger partial charge on any atom is -0.483 e. The molecule has 2 aromatic carbocycles. The van der Waals surface area contributed by atoms with Crippen molar-refractivity contribution >= 4 is 22.5 Å². The van der Waals surface area contributed by atoms with E-state index >= 15 is 0 Å². The molecule has 3 aromatic rings. The predicted octanol–water partition coefficient (Wildman–Crippen LogP) is 3.94. The van der Waals surface area contributed by atoms with Crippen molar-refractivity contribution in [1.29, 1.82) is 5.26 Å². The summed E-state index contributed by atoms with van der Waals surface area (Å²) in [5.74, 6) is -0.728. The van der Waals surface area contributed by atoms with Gasteiger partial charge in [-0.2, -0.15) is 23.5 Å². The molecular formula is C18H13F3N4O2. The lowest BCUT2D eigenvalue weighted by molar-refractivity contribution is -0.153. The summed E-state index contributed by atoms with van der Waals surface area (Å²) in [4.78, 5) is 12.5. The standard InChI is InChI=1S/C18H13F3N4O2/c1-10-2-4-14-13(6-10)16(25-24-14)17(26)23-12-3-5-15(11(7-12)8-22)27-9-18(19,20)21/h2-7H,9H2,1H3,(H,23,26)(H,24,25). The van der Waals surface area contributed by atoms with Gasteiger partial charge in [-0.3, -0.25) is 9.89 Å². The Kier molecular flexibility index (Phi) is 4.73. The van der Waals surface area contributed by atoms with Gasteiger partial charge in [0.1, 0.15) is 11.8 Å². The van der Waals surface area contributed by atoms with E-state index in [1.54, 1.807) is 12.1 Å². The minimum atomic E-state index is -4.52. The summed E-state index contributed by atoms with van der Waals surface area (Å²) >= 11 is 0. The van der Waals surface area contributed by atoms with Crippen LogP contribution in [-0.4, -0.2) is 28.9 Å². The van der Waals surface area contributed by atoms with Crippen LogP contribution in [0.25, 0.3) is 10.9 Å². The summed E-state index contributed by atoms with van der Waals surface area (Å²) < 4.78 is 41.4. The van der Waals surface area contributed by atoms with E-state index < -0.39 is 18.7 Å². The first-order valence-corrected chi connectivity index (χ1v) is 7.76. The van der Waals surface area contributed by atoms with Crippen molar-refractivity contribution < 1.29 is 22.7 Å². The van der Waals surface area contributed by atoms with Crippen LogP contribution in [0.1, 0.15) is 21.6 Å². The van der Waals surface area contributed by atoms with Gasteiger partial charge in [0.2, 0.25) is 0 Å². The highest BCUT2D eigenvalue weighted by molar-refractivity contribution is 6.11. The highest BCUT2D eigenvalue weighted by Crippen LogP contribution is 2.25. The first-order chi connectivity index (χ1) is 12.8. The van der Waals surface area contributed by atoms with E-state index in [4.69, 9.17) is 5.26 Å². The van der Waals surface area contributed by atoms with Crippen molar-refractivity contribution in [2.45, 2.75) is 13.1 Å². The number of anilines is 1. The molecule has 0 unspecified atom stereocenters. The maximum absolute atomic E-state index is 12.5. The number of carbonyl (C=O) groups excluding carboxylic acids is 1. The van der Waals surface area contributed by atoms with Crippen molar-refractivity contribution in [1.82, 2.24) is 10.2 Å². The van der Waals surface area contributed by atoms with Gasteiger partial charge in [0.05, 0.1) is 11.1 Å². The summed E-state index contributed by atoms with van der Waals surface area (Å²) in [7, 11) is 0. The Morgan fingerprint density at radius 1 is 1.30 bits per heavy atom. The Labute approximate surface area is 151 Å². The number of nitrogens with one attached hydrogen (secondary N) is 2. The molecule has 0 bridgehead atoms. The monoisotopic (exact) mass is 374 g/mol. The quantitative estimate of drug-likeness (QED) is 0.724. The Balaban J connectivity index is 1.81. The number of fused-ring (bicyclic) bond motifs is 1. The molecule has 0 atom stereocenters. The molecule has 0 spiro atoms. The van der Waals surface area contributed by atoms with Crippen LogP contribution < -0.4 is 10.1 Å². The highest BCUT2D eigenvalue weighted by Gasteiger charge is 2.29. The van der Waals surface area contributed by atoms with Crippen LogP contribution in [0.15, 0.2) is 36.4 Å². The Bertz CT molecular complexity index is 1050. The topological polar surface area (TPSA) is 90.8 Å². The number of nitrogens with zero attached hydrogens (tertiary/aromatic N) is 2. The number of ether oxygens (including phenoxy) is 1. The number of H-pyrrole nitrogens is 1. The molecule has 138 valence electrons. The normalized spacial score (nSPS) is 11.2. The second kappa shape index (κ2) is 6.99. The van der Waals surface area contributed by atoms with Crippen LogP contribution in [0.4, 0.5) is 18.9 Å². The van der Waals surface area contributed by atoms with E-state index in [0.29, 0.717) is 10.9 Å². The summed E-state index contributed by atoms with van der Waals surface area (Å²) in [6.07, 6.45) is -4.52. The lowest BCUT2D eigenvalue weighted by atomic mass is 10.1. The average molecular weight is 374 g/mol. The van der Waals surface area contributed by atoms with Gasteiger partial charge in [-0.05, 0) is 37.3 Å². The SMILES string of the molecule is Cc1ccc2[nH]nc(C(=O)Nc3ccc(OCC(F)(F)F)c(C#N)c3)c2c1. The van der Waals surface area contributed by atoms with Crippen LogP contribution >= 0.6 is 0 Å². The molecule has 3 rings (SSSR count). The highest BCUT2D eigenvalue weighted by atomic mass is 19.4. The van der Waals surface area contributed by atoms with Crippen LogP contribution in [0, 0.1) is 18.3 Å². The third kappa shape index (κ3) is 4.17. The molecule has 1 aromatic heterocycles. The fraction of sp³-hybridized carbons (Fsp3) is 0.167. The molecule has 0 aliphatic heterocycles. The van der Waals surface area contributed by atoms with Crippen molar-refractivity contribution in [3.8, 4) is 11.8 Å². The van der Waals surface area contributed by atoms with Crippen molar-refractivity contribution in [3.63, 3.8) is 0 Å². The largest absolute Gasteiger partial charge is 0.483 e. The van der Waals surface area contributed by atoms with Gasteiger partial charge < -0.3 is 10.1 Å². The first-order valence-electron chi connectivity index (χ1n) is 7.76. The molecule has 0 aliphatic carbocycles. The molecule has 0 fully saturated rings. The predicted molar refractivity (Wildman–Crippen MR) is 91.5 cm³/mol. The number of hydrogen-bond acceptors (Lipinski definition) is 4. The average Bonchev–Trinajstić information content (AvgIpc) is 3.02. The summed E-state index contributed by atoms with van der Waals surface area (Å²) in [5.41, 5.74) is 1.93. The Hall–Kier alpha value is -3.54. The van der Waals surface area contributed by atoms with Crippen LogP contribution in [0.5, 0.6) is 5.75 Å². The lowest BCUT2D eigenvalue weighted by Crippen LogP contribution is -2.19. The molecule has 9 heteroatoms. The Morgan fingerprint density at radius 2 is 2.07 bits per heavy atom. The maximum Gasteiger partial charge on any atom is 0.422 e. The summed E-state index contributed by atoms with van der Waals surface area (Å²) in [6.45, 7) is 0.374. The van der Waals surface area contributed by atoms with E-state index in [1.807, 2.05) is 19.1 Å². The molecule has 0 aliphatic rings. The molecule has 0 saturated carbocycles. The van der Waals surface area contributed by atoms with E-state index in [0.717, 1.165) is 5.56 Å². The molecule has 0 radical (unpaired) electrons. The smallest absolute Gasteiger partial charge is 0.422 e. The zero-order valence-electron chi connectivity index (χ0n) is 14.0. The number of carbonyl (C=O) groups is 1. The molecular weight excluding hydrogens is 361 g/mol. The van der Waals surface area contributed by atoms with Gasteiger partial charge in [-0.25, -0.2) is 0 Å². The fourth-order valence-corrected chi connectivity index (χ4v) is 2.47. The third-order valence-corrected chi connectivity index (χ3v) is 3.68. The molecule has 27 heavy (non-hydrogen) atoms.